The number of aromatic nitrogens is 3. The lowest BCUT2D eigenvalue weighted by atomic mass is 10.2. The Morgan fingerprint density at radius 1 is 1.53 bits per heavy atom. The highest BCUT2D eigenvalue weighted by molar-refractivity contribution is 5.85. The smallest absolute Gasteiger partial charge is 0.358 e. The molecule has 7 nitrogen and oxygen atoms in total. The number of nitrogens with zero attached hydrogens (tertiary/aromatic N) is 3. The minimum absolute atomic E-state index is 0.0765. The molecular weight excluding hydrogens is 248 g/mol. The fraction of sp³-hybridized carbons (Fsp3) is 0.417. The summed E-state index contributed by atoms with van der Waals surface area (Å²) in [5, 5.41) is 19.7. The van der Waals surface area contributed by atoms with Crippen LogP contribution in [0.3, 0.4) is 0 Å². The van der Waals surface area contributed by atoms with E-state index >= 15 is 0 Å². The second kappa shape index (κ2) is 5.66. The molecule has 0 unspecified atom stereocenters. The molecular formula is C12H16N4O3. The first-order valence-corrected chi connectivity index (χ1v) is 6.01. The highest BCUT2D eigenvalue weighted by Gasteiger charge is 2.11. The molecule has 2 rings (SSSR count). The van der Waals surface area contributed by atoms with Crippen molar-refractivity contribution < 1.29 is 14.4 Å². The minimum atomic E-state index is -1.09. The van der Waals surface area contributed by atoms with Crippen LogP contribution >= 0.6 is 0 Å². The molecule has 2 N–H and O–H groups in total. The summed E-state index contributed by atoms with van der Waals surface area (Å²) < 4.78 is 6.70. The van der Waals surface area contributed by atoms with E-state index in [0.717, 1.165) is 17.7 Å². The van der Waals surface area contributed by atoms with Gasteiger partial charge in [0.05, 0.1) is 12.2 Å². The van der Waals surface area contributed by atoms with E-state index in [1.807, 2.05) is 13.2 Å². The zero-order valence-corrected chi connectivity index (χ0v) is 10.9. The van der Waals surface area contributed by atoms with Crippen molar-refractivity contribution in [2.24, 2.45) is 7.05 Å². The topological polar surface area (TPSA) is 93.2 Å². The quantitative estimate of drug-likeness (QED) is 0.807. The number of hydrogen-bond acceptors (Lipinski definition) is 5. The molecule has 0 saturated carbocycles. The van der Waals surface area contributed by atoms with Crippen LogP contribution in [0.15, 0.2) is 16.8 Å². The minimum Gasteiger partial charge on any atom is -0.476 e. The number of nitrogens with one attached hydrogen (secondary N) is 1. The van der Waals surface area contributed by atoms with Gasteiger partial charge in [0.15, 0.2) is 11.5 Å². The second-order valence-corrected chi connectivity index (χ2v) is 4.22. The van der Waals surface area contributed by atoms with Gasteiger partial charge in [0, 0.05) is 31.4 Å². The predicted molar refractivity (Wildman–Crippen MR) is 66.6 cm³/mol. The maximum atomic E-state index is 10.6. The van der Waals surface area contributed by atoms with Gasteiger partial charge in [-0.2, -0.15) is 5.10 Å². The molecule has 0 aliphatic rings. The van der Waals surface area contributed by atoms with Gasteiger partial charge >= 0.3 is 5.97 Å². The summed E-state index contributed by atoms with van der Waals surface area (Å²) in [7, 11) is 1.89. The van der Waals surface area contributed by atoms with E-state index in [0.29, 0.717) is 18.8 Å². The number of carboxylic acids is 1. The Morgan fingerprint density at radius 2 is 2.32 bits per heavy atom. The predicted octanol–water partition coefficient (Wildman–Crippen LogP) is 0.958. The molecule has 0 amide bonds. The molecule has 2 aromatic heterocycles. The third-order valence-corrected chi connectivity index (χ3v) is 2.72. The average Bonchev–Trinajstić information content (AvgIpc) is 2.96. The summed E-state index contributed by atoms with van der Waals surface area (Å²) in [5.41, 5.74) is 2.11. The molecule has 0 atom stereocenters. The molecule has 0 fully saturated rings. The van der Waals surface area contributed by atoms with Crippen molar-refractivity contribution in [3.63, 3.8) is 0 Å². The van der Waals surface area contributed by atoms with Crippen LogP contribution in [-0.4, -0.2) is 26.0 Å². The van der Waals surface area contributed by atoms with Gasteiger partial charge in [-0.25, -0.2) is 4.79 Å². The summed E-state index contributed by atoms with van der Waals surface area (Å²) >= 11 is 0. The molecule has 0 bridgehead atoms. The number of hydrogen-bond donors (Lipinski definition) is 2. The second-order valence-electron chi connectivity index (χ2n) is 4.22. The summed E-state index contributed by atoms with van der Waals surface area (Å²) in [6, 6.07) is 1.42. The Morgan fingerprint density at radius 3 is 2.95 bits per heavy atom. The van der Waals surface area contributed by atoms with Crippen LogP contribution in [0.1, 0.15) is 34.4 Å². The fourth-order valence-corrected chi connectivity index (χ4v) is 1.85. The molecule has 19 heavy (non-hydrogen) atoms. The van der Waals surface area contributed by atoms with Gasteiger partial charge in [-0.1, -0.05) is 12.1 Å². The van der Waals surface area contributed by atoms with E-state index in [1.54, 1.807) is 4.68 Å². The van der Waals surface area contributed by atoms with Gasteiger partial charge in [0.2, 0.25) is 0 Å². The lowest BCUT2D eigenvalue weighted by molar-refractivity contribution is 0.0685. The van der Waals surface area contributed by atoms with Gasteiger partial charge in [0.25, 0.3) is 0 Å². The average molecular weight is 264 g/mol. The first-order chi connectivity index (χ1) is 9.10. The Labute approximate surface area is 110 Å². The van der Waals surface area contributed by atoms with E-state index in [2.05, 4.69) is 22.5 Å². The van der Waals surface area contributed by atoms with Crippen LogP contribution in [0.2, 0.25) is 0 Å². The lowest BCUT2D eigenvalue weighted by Gasteiger charge is -2.01. The number of carbonyl (C=O) groups is 1. The molecule has 2 aromatic rings. The zero-order valence-electron chi connectivity index (χ0n) is 10.9. The molecule has 0 spiro atoms. The van der Waals surface area contributed by atoms with Crippen molar-refractivity contribution in [1.82, 2.24) is 20.3 Å². The molecule has 0 aliphatic heterocycles. The molecule has 0 aliphatic carbocycles. The van der Waals surface area contributed by atoms with E-state index in [-0.39, 0.29) is 5.69 Å². The van der Waals surface area contributed by atoms with Crippen LogP contribution in [0.5, 0.6) is 0 Å². The van der Waals surface area contributed by atoms with Gasteiger partial charge in [0.1, 0.15) is 0 Å². The number of aryl methyl sites for hydroxylation is 2. The maximum absolute atomic E-state index is 10.6. The molecule has 7 heteroatoms. The lowest BCUT2D eigenvalue weighted by Crippen LogP contribution is -2.12. The van der Waals surface area contributed by atoms with Crippen molar-refractivity contribution >= 4 is 5.97 Å². The van der Waals surface area contributed by atoms with Crippen LogP contribution in [0.25, 0.3) is 0 Å². The third-order valence-electron chi connectivity index (χ3n) is 2.72. The van der Waals surface area contributed by atoms with Crippen molar-refractivity contribution in [3.05, 3.63) is 35.0 Å². The van der Waals surface area contributed by atoms with Gasteiger partial charge < -0.3 is 14.9 Å². The standard InChI is InChI=1S/C12H16N4O3/c1-3-10-8(7-16(2)14-10)5-13-6-9-4-11(12(17)18)15-19-9/h4,7,13H,3,5-6H2,1-2H3,(H,17,18). The van der Waals surface area contributed by atoms with Crippen LogP contribution in [-0.2, 0) is 26.6 Å². The van der Waals surface area contributed by atoms with Crippen LogP contribution in [0, 0.1) is 0 Å². The first-order valence-electron chi connectivity index (χ1n) is 6.01. The summed E-state index contributed by atoms with van der Waals surface area (Å²) in [5.74, 6) is -0.588. The summed E-state index contributed by atoms with van der Waals surface area (Å²) in [6.45, 7) is 3.14. The fourth-order valence-electron chi connectivity index (χ4n) is 1.85. The SMILES string of the molecule is CCc1nn(C)cc1CNCc1cc(C(=O)O)no1. The number of rotatable bonds is 6. The van der Waals surface area contributed by atoms with E-state index in [4.69, 9.17) is 9.63 Å². The molecule has 0 saturated heterocycles. The van der Waals surface area contributed by atoms with Crippen molar-refractivity contribution in [3.8, 4) is 0 Å². The van der Waals surface area contributed by atoms with E-state index in [1.165, 1.54) is 6.07 Å². The Kier molecular flexibility index (Phi) is 3.96. The molecule has 0 radical (unpaired) electrons. The highest BCUT2D eigenvalue weighted by atomic mass is 16.5. The van der Waals surface area contributed by atoms with E-state index < -0.39 is 5.97 Å². The molecule has 102 valence electrons. The Hall–Kier alpha value is -2.15. The monoisotopic (exact) mass is 264 g/mol. The number of carboxylic acid groups (broad SMARTS) is 1. The van der Waals surface area contributed by atoms with Crippen molar-refractivity contribution in [2.75, 3.05) is 0 Å². The summed E-state index contributed by atoms with van der Waals surface area (Å²) in [6.07, 6.45) is 2.85. The zero-order chi connectivity index (χ0) is 13.8. The third kappa shape index (κ3) is 3.19. The van der Waals surface area contributed by atoms with Crippen molar-refractivity contribution in [1.29, 1.82) is 0 Å². The first kappa shape index (κ1) is 13.3. The number of aromatic carboxylic acids is 1. The Balaban J connectivity index is 1.90. The van der Waals surface area contributed by atoms with Crippen molar-refractivity contribution in [2.45, 2.75) is 26.4 Å². The van der Waals surface area contributed by atoms with Gasteiger partial charge in [-0.05, 0) is 6.42 Å². The van der Waals surface area contributed by atoms with E-state index in [9.17, 15) is 4.79 Å². The molecule has 2 heterocycles. The molecule has 0 aromatic carbocycles. The van der Waals surface area contributed by atoms with Gasteiger partial charge in [-0.15, -0.1) is 0 Å². The maximum Gasteiger partial charge on any atom is 0.358 e. The largest absolute Gasteiger partial charge is 0.476 e. The highest BCUT2D eigenvalue weighted by Crippen LogP contribution is 2.08. The van der Waals surface area contributed by atoms with Crippen LogP contribution < -0.4 is 5.32 Å². The van der Waals surface area contributed by atoms with Gasteiger partial charge in [-0.3, -0.25) is 4.68 Å². The normalized spacial score (nSPS) is 10.8. The Bertz CT molecular complexity index is 573. The van der Waals surface area contributed by atoms with Crippen LogP contribution in [0.4, 0.5) is 0 Å². The summed E-state index contributed by atoms with van der Waals surface area (Å²) in [4.78, 5) is 10.6.